The van der Waals surface area contributed by atoms with E-state index in [0.717, 1.165) is 51.4 Å². The number of aliphatic hydroxyl groups is 2. The average Bonchev–Trinajstić information content (AvgIpc) is 2.88. The highest BCUT2D eigenvalue weighted by Crippen LogP contribution is 2.48. The second-order valence-electron chi connectivity index (χ2n) is 11.9. The molecule has 0 spiro atoms. The van der Waals surface area contributed by atoms with Crippen LogP contribution in [0.1, 0.15) is 86.0 Å². The maximum absolute atomic E-state index is 11.5. The fraction of sp³-hybridized carbons (Fsp3) is 0.862. The topological polar surface area (TPSA) is 112 Å². The summed E-state index contributed by atoms with van der Waals surface area (Å²) in [6.07, 6.45) is 7.02. The van der Waals surface area contributed by atoms with Gasteiger partial charge in [0.15, 0.2) is 0 Å². The molecule has 0 saturated heterocycles. The zero-order valence-electron chi connectivity index (χ0n) is 23.6. The van der Waals surface area contributed by atoms with Crippen molar-refractivity contribution in [3.8, 4) is 0 Å². The monoisotopic (exact) mass is 526 g/mol. The van der Waals surface area contributed by atoms with Gasteiger partial charge in [-0.25, -0.2) is 4.79 Å². The van der Waals surface area contributed by atoms with Crippen LogP contribution in [0.5, 0.6) is 0 Å². The molecule has 2 unspecified atom stereocenters. The van der Waals surface area contributed by atoms with Gasteiger partial charge < -0.3 is 29.2 Å². The lowest BCUT2D eigenvalue weighted by Gasteiger charge is -2.46. The number of ether oxygens (including phenoxy) is 4. The van der Waals surface area contributed by atoms with E-state index >= 15 is 0 Å². The standard InChI is InChI=1S/C29H50O8/c1-19(2)27(32)36-17-23(30)15-34-25-11-7-21(8-12-25)29(5,6)22-9-13-26(14-10-22)35-16-24(31)18-37-28(33)20(3)4/h20-26,30-31H,1,7-18H2,2-6H3. The summed E-state index contributed by atoms with van der Waals surface area (Å²) in [6.45, 7) is 13.7. The second kappa shape index (κ2) is 15.2. The summed E-state index contributed by atoms with van der Waals surface area (Å²) in [5.41, 5.74) is 0.548. The molecule has 2 N–H and O–H groups in total. The van der Waals surface area contributed by atoms with Crippen molar-refractivity contribution in [3.05, 3.63) is 12.2 Å². The Hall–Kier alpha value is -1.48. The van der Waals surface area contributed by atoms with E-state index in [0.29, 0.717) is 17.4 Å². The van der Waals surface area contributed by atoms with Crippen LogP contribution in [-0.4, -0.2) is 73.0 Å². The van der Waals surface area contributed by atoms with Gasteiger partial charge in [-0.2, -0.15) is 0 Å². The molecule has 8 nitrogen and oxygen atoms in total. The highest BCUT2D eigenvalue weighted by molar-refractivity contribution is 5.86. The molecule has 0 aromatic carbocycles. The highest BCUT2D eigenvalue weighted by Gasteiger charge is 2.40. The van der Waals surface area contributed by atoms with Gasteiger partial charge in [-0.3, -0.25) is 4.79 Å². The molecular formula is C29H50O8. The highest BCUT2D eigenvalue weighted by atomic mass is 16.6. The van der Waals surface area contributed by atoms with E-state index in [2.05, 4.69) is 20.4 Å². The number of aliphatic hydroxyl groups excluding tert-OH is 2. The van der Waals surface area contributed by atoms with Crippen LogP contribution in [0.15, 0.2) is 12.2 Å². The quantitative estimate of drug-likeness (QED) is 0.256. The molecule has 0 aromatic heterocycles. The Morgan fingerprint density at radius 2 is 1.19 bits per heavy atom. The zero-order chi connectivity index (χ0) is 27.6. The third-order valence-electron chi connectivity index (χ3n) is 8.15. The molecule has 0 amide bonds. The van der Waals surface area contributed by atoms with Crippen molar-refractivity contribution in [2.45, 2.75) is 110 Å². The number of hydrogen-bond donors (Lipinski definition) is 2. The number of esters is 2. The van der Waals surface area contributed by atoms with E-state index in [9.17, 15) is 19.8 Å². The normalized spacial score (nSPS) is 26.4. The van der Waals surface area contributed by atoms with Gasteiger partial charge >= 0.3 is 11.9 Å². The second-order valence-corrected chi connectivity index (χ2v) is 11.9. The van der Waals surface area contributed by atoms with Gasteiger partial charge in [0, 0.05) is 5.57 Å². The van der Waals surface area contributed by atoms with Gasteiger partial charge in [0.1, 0.15) is 25.4 Å². The Morgan fingerprint density at radius 3 is 1.57 bits per heavy atom. The summed E-state index contributed by atoms with van der Waals surface area (Å²) in [5.74, 6) is 0.267. The minimum atomic E-state index is -0.828. The molecule has 37 heavy (non-hydrogen) atoms. The summed E-state index contributed by atoms with van der Waals surface area (Å²) >= 11 is 0. The molecule has 2 rings (SSSR count). The Balaban J connectivity index is 1.65. The van der Waals surface area contributed by atoms with E-state index in [1.807, 2.05) is 0 Å². The number of carbonyl (C=O) groups is 2. The molecule has 0 bridgehead atoms. The van der Waals surface area contributed by atoms with Crippen LogP contribution in [0.4, 0.5) is 0 Å². The van der Waals surface area contributed by atoms with Crippen LogP contribution in [0.25, 0.3) is 0 Å². The molecule has 0 aliphatic heterocycles. The van der Waals surface area contributed by atoms with E-state index in [-0.39, 0.29) is 55.9 Å². The molecule has 2 fully saturated rings. The van der Waals surface area contributed by atoms with Crippen LogP contribution in [-0.2, 0) is 28.5 Å². The van der Waals surface area contributed by atoms with Gasteiger partial charge in [0.2, 0.25) is 0 Å². The average molecular weight is 527 g/mol. The van der Waals surface area contributed by atoms with Crippen LogP contribution in [0, 0.1) is 23.2 Å². The third-order valence-corrected chi connectivity index (χ3v) is 8.15. The molecule has 2 saturated carbocycles. The lowest BCUT2D eigenvalue weighted by atomic mass is 9.60. The van der Waals surface area contributed by atoms with Crippen molar-refractivity contribution in [3.63, 3.8) is 0 Å². The molecule has 8 heteroatoms. The Kier molecular flexibility index (Phi) is 13.0. The first-order valence-corrected chi connectivity index (χ1v) is 14.0. The maximum atomic E-state index is 11.5. The van der Waals surface area contributed by atoms with Crippen LogP contribution >= 0.6 is 0 Å². The van der Waals surface area contributed by atoms with Crippen molar-refractivity contribution in [2.75, 3.05) is 26.4 Å². The number of carbonyl (C=O) groups excluding carboxylic acids is 2. The van der Waals surface area contributed by atoms with Crippen molar-refractivity contribution in [2.24, 2.45) is 23.2 Å². The van der Waals surface area contributed by atoms with Gasteiger partial charge in [-0.1, -0.05) is 34.3 Å². The maximum Gasteiger partial charge on any atom is 0.333 e. The molecule has 0 heterocycles. The SMILES string of the molecule is C=C(C)C(=O)OCC(O)COC1CCC(C(C)(C)C2CCC(OCC(O)COC(=O)C(C)C)CC2)CC1. The lowest BCUT2D eigenvalue weighted by molar-refractivity contribution is -0.152. The first-order chi connectivity index (χ1) is 17.4. The van der Waals surface area contributed by atoms with Gasteiger partial charge in [0.25, 0.3) is 0 Å². The first-order valence-electron chi connectivity index (χ1n) is 14.0. The molecule has 0 radical (unpaired) electrons. The van der Waals surface area contributed by atoms with Crippen molar-refractivity contribution in [1.82, 2.24) is 0 Å². The molecular weight excluding hydrogens is 476 g/mol. The smallest absolute Gasteiger partial charge is 0.333 e. The van der Waals surface area contributed by atoms with Crippen LogP contribution < -0.4 is 0 Å². The summed E-state index contributed by atoms with van der Waals surface area (Å²) in [5, 5.41) is 20.1. The molecule has 2 atom stereocenters. The third kappa shape index (κ3) is 10.7. The summed E-state index contributed by atoms with van der Waals surface area (Å²) < 4.78 is 21.9. The minimum Gasteiger partial charge on any atom is -0.463 e. The Bertz CT molecular complexity index is 717. The number of hydrogen-bond acceptors (Lipinski definition) is 8. The van der Waals surface area contributed by atoms with Crippen molar-refractivity contribution in [1.29, 1.82) is 0 Å². The summed E-state index contributed by atoms with van der Waals surface area (Å²) in [6, 6.07) is 0. The lowest BCUT2D eigenvalue weighted by Crippen LogP contribution is -2.39. The first kappa shape index (κ1) is 31.7. The fourth-order valence-electron chi connectivity index (χ4n) is 5.51. The van der Waals surface area contributed by atoms with E-state index in [1.165, 1.54) is 0 Å². The zero-order valence-corrected chi connectivity index (χ0v) is 23.6. The molecule has 2 aliphatic carbocycles. The van der Waals surface area contributed by atoms with Gasteiger partial charge in [-0.15, -0.1) is 0 Å². The van der Waals surface area contributed by atoms with Gasteiger partial charge in [-0.05, 0) is 75.5 Å². The Labute approximate surface area is 223 Å². The van der Waals surface area contributed by atoms with E-state index in [4.69, 9.17) is 18.9 Å². The summed E-state index contributed by atoms with van der Waals surface area (Å²) in [7, 11) is 0. The Morgan fingerprint density at radius 1 is 0.784 bits per heavy atom. The molecule has 0 aromatic rings. The molecule has 2 aliphatic rings. The summed E-state index contributed by atoms with van der Waals surface area (Å²) in [4.78, 5) is 23.0. The minimum absolute atomic E-state index is 0.0206. The molecule has 214 valence electrons. The van der Waals surface area contributed by atoms with E-state index < -0.39 is 18.2 Å². The largest absolute Gasteiger partial charge is 0.463 e. The van der Waals surface area contributed by atoms with Crippen LogP contribution in [0.2, 0.25) is 0 Å². The van der Waals surface area contributed by atoms with Crippen molar-refractivity contribution >= 4 is 11.9 Å². The predicted molar refractivity (Wildman–Crippen MR) is 141 cm³/mol. The predicted octanol–water partition coefficient (Wildman–Crippen LogP) is 4.20. The fourth-order valence-corrected chi connectivity index (χ4v) is 5.51. The van der Waals surface area contributed by atoms with Gasteiger partial charge in [0.05, 0.1) is 31.3 Å². The van der Waals surface area contributed by atoms with Crippen molar-refractivity contribution < 1.29 is 38.7 Å². The number of rotatable bonds is 14. The van der Waals surface area contributed by atoms with Crippen LogP contribution in [0.3, 0.4) is 0 Å². The van der Waals surface area contributed by atoms with E-state index in [1.54, 1.807) is 20.8 Å².